The molecule has 1 aromatic rings. The molecule has 6 heteroatoms. The largest absolute Gasteiger partial charge is 0.344 e. The summed E-state index contributed by atoms with van der Waals surface area (Å²) in [5, 5.41) is 2.79. The summed E-state index contributed by atoms with van der Waals surface area (Å²) < 4.78 is 13.5. The van der Waals surface area contributed by atoms with Gasteiger partial charge < -0.3 is 10.2 Å². The first kappa shape index (κ1) is 15.8. The molecule has 0 aromatic heterocycles. The summed E-state index contributed by atoms with van der Waals surface area (Å²) in [5.41, 5.74) is 0.655. The third kappa shape index (κ3) is 3.73. The zero-order valence-corrected chi connectivity index (χ0v) is 12.8. The Morgan fingerprint density at radius 3 is 2.76 bits per heavy atom. The monoisotopic (exact) mass is 312 g/mol. The van der Waals surface area contributed by atoms with Crippen molar-refractivity contribution in [1.82, 2.24) is 10.2 Å². The Bertz CT molecular complexity index is 563. The maximum atomic E-state index is 13.5. The lowest BCUT2D eigenvalue weighted by atomic mass is 10.0. The van der Waals surface area contributed by atoms with Crippen molar-refractivity contribution >= 4 is 23.4 Å². The Balaban J connectivity index is 2.18. The maximum Gasteiger partial charge on any atom is 0.245 e. The second kappa shape index (κ2) is 6.43. The summed E-state index contributed by atoms with van der Waals surface area (Å²) in [5.74, 6) is -0.770. The fourth-order valence-corrected chi connectivity index (χ4v) is 2.44. The molecule has 0 radical (unpaired) electrons. The zero-order valence-electron chi connectivity index (χ0n) is 12.0. The SMILES string of the molecule is CC(C)C1NC(=O)CCN(Cc2ccc(Cl)c(F)c2)C1=O. The number of benzene rings is 1. The number of amides is 2. The molecule has 0 bridgehead atoms. The van der Waals surface area contributed by atoms with Crippen molar-refractivity contribution in [2.75, 3.05) is 6.54 Å². The summed E-state index contributed by atoms with van der Waals surface area (Å²) in [7, 11) is 0. The van der Waals surface area contributed by atoms with Crippen LogP contribution in [0.4, 0.5) is 4.39 Å². The minimum Gasteiger partial charge on any atom is -0.344 e. The lowest BCUT2D eigenvalue weighted by molar-refractivity contribution is -0.135. The number of rotatable bonds is 3. The molecule has 0 aliphatic carbocycles. The van der Waals surface area contributed by atoms with Gasteiger partial charge in [-0.15, -0.1) is 0 Å². The number of carbonyl (C=O) groups excluding carboxylic acids is 2. The molecule has 0 spiro atoms. The summed E-state index contributed by atoms with van der Waals surface area (Å²) in [6.07, 6.45) is 0.255. The van der Waals surface area contributed by atoms with E-state index in [-0.39, 0.29) is 35.7 Å². The smallest absolute Gasteiger partial charge is 0.245 e. The standard InChI is InChI=1S/C15H18ClFN2O2/c1-9(2)14-15(21)19(6-5-13(20)18-14)8-10-3-4-11(16)12(17)7-10/h3-4,7,9,14H,5-6,8H2,1-2H3,(H,18,20). The minimum absolute atomic E-state index is 0.00371. The van der Waals surface area contributed by atoms with E-state index < -0.39 is 11.9 Å². The van der Waals surface area contributed by atoms with Crippen LogP contribution >= 0.6 is 11.6 Å². The van der Waals surface area contributed by atoms with Crippen molar-refractivity contribution in [2.24, 2.45) is 5.92 Å². The Morgan fingerprint density at radius 1 is 1.43 bits per heavy atom. The van der Waals surface area contributed by atoms with Crippen LogP contribution in [0.5, 0.6) is 0 Å². The van der Waals surface area contributed by atoms with E-state index in [1.807, 2.05) is 13.8 Å². The van der Waals surface area contributed by atoms with Crippen molar-refractivity contribution in [3.05, 3.63) is 34.6 Å². The predicted molar refractivity (Wildman–Crippen MR) is 78.2 cm³/mol. The molecule has 0 saturated carbocycles. The van der Waals surface area contributed by atoms with E-state index in [2.05, 4.69) is 5.32 Å². The van der Waals surface area contributed by atoms with E-state index in [1.54, 1.807) is 11.0 Å². The van der Waals surface area contributed by atoms with Crippen molar-refractivity contribution in [2.45, 2.75) is 32.9 Å². The molecule has 2 rings (SSSR count). The molecule has 4 nitrogen and oxygen atoms in total. The minimum atomic E-state index is -0.530. The Morgan fingerprint density at radius 2 is 2.14 bits per heavy atom. The van der Waals surface area contributed by atoms with E-state index in [9.17, 15) is 14.0 Å². The highest BCUT2D eigenvalue weighted by molar-refractivity contribution is 6.30. The quantitative estimate of drug-likeness (QED) is 0.931. The highest BCUT2D eigenvalue weighted by Crippen LogP contribution is 2.19. The van der Waals surface area contributed by atoms with Gasteiger partial charge in [0.2, 0.25) is 11.8 Å². The summed E-state index contributed by atoms with van der Waals surface area (Å²) in [4.78, 5) is 25.7. The van der Waals surface area contributed by atoms with E-state index >= 15 is 0 Å². The molecule has 1 unspecified atom stereocenters. The molecule has 21 heavy (non-hydrogen) atoms. The molecule has 1 aliphatic heterocycles. The molecule has 1 N–H and O–H groups in total. The van der Waals surface area contributed by atoms with Gasteiger partial charge in [-0.25, -0.2) is 4.39 Å². The maximum absolute atomic E-state index is 13.5. The van der Waals surface area contributed by atoms with Gasteiger partial charge in [0.15, 0.2) is 0 Å². The molecule has 1 atom stereocenters. The van der Waals surface area contributed by atoms with Crippen molar-refractivity contribution in [3.63, 3.8) is 0 Å². The summed E-state index contributed by atoms with van der Waals surface area (Å²) in [6, 6.07) is 3.94. The van der Waals surface area contributed by atoms with Crippen molar-refractivity contribution < 1.29 is 14.0 Å². The topological polar surface area (TPSA) is 49.4 Å². The van der Waals surface area contributed by atoms with E-state index in [1.165, 1.54) is 12.1 Å². The molecular formula is C15H18ClFN2O2. The van der Waals surface area contributed by atoms with Gasteiger partial charge in [0.1, 0.15) is 11.9 Å². The molecule has 114 valence electrons. The van der Waals surface area contributed by atoms with Crippen LogP contribution in [0.15, 0.2) is 18.2 Å². The molecule has 1 saturated heterocycles. The highest BCUT2D eigenvalue weighted by atomic mass is 35.5. The van der Waals surface area contributed by atoms with E-state index in [0.29, 0.717) is 12.1 Å². The summed E-state index contributed by atoms with van der Waals surface area (Å²) in [6.45, 7) is 4.37. The van der Waals surface area contributed by atoms with Gasteiger partial charge in [0.05, 0.1) is 5.02 Å². The average Bonchev–Trinajstić information content (AvgIpc) is 2.56. The van der Waals surface area contributed by atoms with Gasteiger partial charge in [-0.3, -0.25) is 9.59 Å². The van der Waals surface area contributed by atoms with Crippen LogP contribution in [0.2, 0.25) is 5.02 Å². The van der Waals surface area contributed by atoms with Crippen LogP contribution in [-0.2, 0) is 16.1 Å². The van der Waals surface area contributed by atoms with Gasteiger partial charge in [0.25, 0.3) is 0 Å². The fraction of sp³-hybridized carbons (Fsp3) is 0.467. The lowest BCUT2D eigenvalue weighted by Gasteiger charge is -2.26. The molecule has 2 amide bonds. The van der Waals surface area contributed by atoms with Gasteiger partial charge in [-0.05, 0) is 23.6 Å². The van der Waals surface area contributed by atoms with E-state index in [4.69, 9.17) is 11.6 Å². The molecule has 1 aromatic carbocycles. The van der Waals surface area contributed by atoms with Gasteiger partial charge in [-0.2, -0.15) is 0 Å². The average molecular weight is 313 g/mol. The second-order valence-electron chi connectivity index (χ2n) is 5.55. The first-order valence-electron chi connectivity index (χ1n) is 6.90. The fourth-order valence-electron chi connectivity index (χ4n) is 2.32. The van der Waals surface area contributed by atoms with Crippen LogP contribution < -0.4 is 5.32 Å². The Hall–Kier alpha value is -1.62. The number of hydrogen-bond acceptors (Lipinski definition) is 2. The summed E-state index contributed by atoms with van der Waals surface area (Å²) >= 11 is 5.65. The number of carbonyl (C=O) groups is 2. The van der Waals surface area contributed by atoms with Crippen LogP contribution in [-0.4, -0.2) is 29.3 Å². The van der Waals surface area contributed by atoms with Crippen LogP contribution in [0.1, 0.15) is 25.8 Å². The first-order valence-corrected chi connectivity index (χ1v) is 7.28. The number of hydrogen-bond donors (Lipinski definition) is 1. The van der Waals surface area contributed by atoms with Crippen LogP contribution in [0.25, 0.3) is 0 Å². The number of halogens is 2. The third-order valence-corrected chi connectivity index (χ3v) is 3.83. The van der Waals surface area contributed by atoms with Crippen LogP contribution in [0.3, 0.4) is 0 Å². The predicted octanol–water partition coefficient (Wildman–Crippen LogP) is 2.35. The third-order valence-electron chi connectivity index (χ3n) is 3.53. The Labute approximate surface area is 128 Å². The molecular weight excluding hydrogens is 295 g/mol. The number of nitrogens with zero attached hydrogens (tertiary/aromatic N) is 1. The molecule has 1 aliphatic rings. The normalized spacial score (nSPS) is 19.7. The van der Waals surface area contributed by atoms with Crippen molar-refractivity contribution in [3.8, 4) is 0 Å². The van der Waals surface area contributed by atoms with Crippen molar-refractivity contribution in [1.29, 1.82) is 0 Å². The van der Waals surface area contributed by atoms with Gasteiger partial charge in [0, 0.05) is 19.5 Å². The molecule has 1 heterocycles. The lowest BCUT2D eigenvalue weighted by Crippen LogP contribution is -2.47. The zero-order chi connectivity index (χ0) is 15.6. The first-order chi connectivity index (χ1) is 9.88. The molecule has 1 fully saturated rings. The Kier molecular flexibility index (Phi) is 4.83. The highest BCUT2D eigenvalue weighted by Gasteiger charge is 2.31. The number of nitrogens with one attached hydrogen (secondary N) is 1. The second-order valence-corrected chi connectivity index (χ2v) is 5.95. The van der Waals surface area contributed by atoms with Gasteiger partial charge in [-0.1, -0.05) is 31.5 Å². The van der Waals surface area contributed by atoms with Gasteiger partial charge >= 0.3 is 0 Å². The van der Waals surface area contributed by atoms with E-state index in [0.717, 1.165) is 0 Å². The van der Waals surface area contributed by atoms with Crippen LogP contribution in [0, 0.1) is 11.7 Å².